The van der Waals surface area contributed by atoms with E-state index in [1.165, 1.54) is 0 Å². The molecule has 3 heterocycles. The molecule has 3 rings (SSSR count). The van der Waals surface area contributed by atoms with Gasteiger partial charge < -0.3 is 10.2 Å². The topological polar surface area (TPSA) is 41.0 Å². The molecule has 18 heavy (non-hydrogen) atoms. The number of hydrogen-bond acceptors (Lipinski definition) is 5. The maximum atomic E-state index is 4.75. The summed E-state index contributed by atoms with van der Waals surface area (Å²) < 4.78 is 4.53. The third kappa shape index (κ3) is 1.93. The minimum Gasteiger partial charge on any atom is -0.343 e. The van der Waals surface area contributed by atoms with Crippen LogP contribution in [-0.2, 0) is 5.41 Å². The molecule has 1 aromatic rings. The Balaban J connectivity index is 1.82. The SMILES string of the molecule is CC1C2CNCC2CN1c1nc(C(C)(C)C)ns1. The molecule has 3 atom stereocenters. The fraction of sp³-hybridized carbons (Fsp3) is 0.846. The molecule has 2 aliphatic rings. The van der Waals surface area contributed by atoms with Gasteiger partial charge in [0.2, 0.25) is 5.13 Å². The summed E-state index contributed by atoms with van der Waals surface area (Å²) in [4.78, 5) is 7.22. The van der Waals surface area contributed by atoms with Crippen LogP contribution in [0.25, 0.3) is 0 Å². The summed E-state index contributed by atoms with van der Waals surface area (Å²) in [6, 6.07) is 0.589. The van der Waals surface area contributed by atoms with Crippen LogP contribution in [0.3, 0.4) is 0 Å². The van der Waals surface area contributed by atoms with E-state index in [1.54, 1.807) is 11.5 Å². The fourth-order valence-corrected chi connectivity index (χ4v) is 4.01. The highest BCUT2D eigenvalue weighted by Crippen LogP contribution is 2.37. The van der Waals surface area contributed by atoms with Crippen LogP contribution in [0.2, 0.25) is 0 Å². The number of anilines is 1. The van der Waals surface area contributed by atoms with Crippen LogP contribution in [0.15, 0.2) is 0 Å². The summed E-state index contributed by atoms with van der Waals surface area (Å²) in [7, 11) is 0. The number of hydrogen-bond donors (Lipinski definition) is 1. The third-order valence-electron chi connectivity index (χ3n) is 4.27. The van der Waals surface area contributed by atoms with E-state index in [0.29, 0.717) is 6.04 Å². The zero-order chi connectivity index (χ0) is 12.9. The fourth-order valence-electron chi connectivity index (χ4n) is 3.06. The summed E-state index contributed by atoms with van der Waals surface area (Å²) >= 11 is 1.56. The van der Waals surface area contributed by atoms with Crippen LogP contribution >= 0.6 is 11.5 Å². The molecule has 0 amide bonds. The van der Waals surface area contributed by atoms with Crippen molar-refractivity contribution >= 4 is 16.7 Å². The average Bonchev–Trinajstić information content (AvgIpc) is 2.94. The summed E-state index contributed by atoms with van der Waals surface area (Å²) in [5.74, 6) is 2.55. The molecule has 2 fully saturated rings. The van der Waals surface area contributed by atoms with Crippen molar-refractivity contribution in [1.29, 1.82) is 0 Å². The Bertz CT molecular complexity index is 436. The molecule has 100 valence electrons. The van der Waals surface area contributed by atoms with Gasteiger partial charge in [-0.3, -0.25) is 0 Å². The molecular formula is C13H22N4S. The second-order valence-corrected chi connectivity index (χ2v) is 7.36. The number of nitrogens with one attached hydrogen (secondary N) is 1. The van der Waals surface area contributed by atoms with Crippen LogP contribution < -0.4 is 10.2 Å². The summed E-state index contributed by atoms with van der Waals surface area (Å²) in [5, 5.41) is 4.61. The lowest BCUT2D eigenvalue weighted by atomic mass is 9.95. The smallest absolute Gasteiger partial charge is 0.205 e. The van der Waals surface area contributed by atoms with Gasteiger partial charge >= 0.3 is 0 Å². The monoisotopic (exact) mass is 266 g/mol. The van der Waals surface area contributed by atoms with Crippen LogP contribution in [0, 0.1) is 11.8 Å². The molecule has 4 nitrogen and oxygen atoms in total. The Hall–Kier alpha value is -0.680. The van der Waals surface area contributed by atoms with Gasteiger partial charge in [0.15, 0.2) is 0 Å². The first kappa shape index (κ1) is 12.4. The highest BCUT2D eigenvalue weighted by atomic mass is 32.1. The van der Waals surface area contributed by atoms with E-state index >= 15 is 0 Å². The average molecular weight is 266 g/mol. The highest BCUT2D eigenvalue weighted by molar-refractivity contribution is 7.09. The molecule has 2 saturated heterocycles. The number of fused-ring (bicyclic) bond motifs is 1. The van der Waals surface area contributed by atoms with Crippen molar-refractivity contribution in [3.63, 3.8) is 0 Å². The molecule has 0 aromatic carbocycles. The minimum atomic E-state index is 0.0507. The maximum absolute atomic E-state index is 4.75. The molecule has 1 aromatic heterocycles. The number of rotatable bonds is 1. The van der Waals surface area contributed by atoms with Crippen LogP contribution in [0.1, 0.15) is 33.5 Å². The number of aromatic nitrogens is 2. The third-order valence-corrected chi connectivity index (χ3v) is 5.02. The van der Waals surface area contributed by atoms with Gasteiger partial charge in [0.1, 0.15) is 5.82 Å². The quantitative estimate of drug-likeness (QED) is 0.842. The molecule has 0 bridgehead atoms. The van der Waals surface area contributed by atoms with Gasteiger partial charge in [0.05, 0.1) is 0 Å². The molecule has 0 aliphatic carbocycles. The van der Waals surface area contributed by atoms with Crippen LogP contribution in [0.4, 0.5) is 5.13 Å². The molecule has 2 aliphatic heterocycles. The van der Waals surface area contributed by atoms with E-state index in [2.05, 4.69) is 42.3 Å². The van der Waals surface area contributed by atoms with Crippen molar-refractivity contribution in [2.24, 2.45) is 11.8 Å². The largest absolute Gasteiger partial charge is 0.343 e. The van der Waals surface area contributed by atoms with Crippen molar-refractivity contribution in [2.45, 2.75) is 39.2 Å². The van der Waals surface area contributed by atoms with E-state index in [1.807, 2.05) is 0 Å². The van der Waals surface area contributed by atoms with Gasteiger partial charge in [0, 0.05) is 42.6 Å². The summed E-state index contributed by atoms with van der Waals surface area (Å²) in [6.45, 7) is 12.3. The van der Waals surface area contributed by atoms with Crippen molar-refractivity contribution in [2.75, 3.05) is 24.5 Å². The van der Waals surface area contributed by atoms with Gasteiger partial charge in [0.25, 0.3) is 0 Å². The minimum absolute atomic E-state index is 0.0507. The maximum Gasteiger partial charge on any atom is 0.205 e. The predicted molar refractivity (Wildman–Crippen MR) is 75.3 cm³/mol. The first-order valence-electron chi connectivity index (χ1n) is 6.78. The summed E-state index contributed by atoms with van der Waals surface area (Å²) in [5.41, 5.74) is 0.0507. The lowest BCUT2D eigenvalue weighted by Gasteiger charge is -2.23. The first-order valence-corrected chi connectivity index (χ1v) is 7.55. The molecule has 0 radical (unpaired) electrons. The molecule has 0 spiro atoms. The van der Waals surface area contributed by atoms with Gasteiger partial charge in [-0.05, 0) is 18.8 Å². The summed E-state index contributed by atoms with van der Waals surface area (Å²) in [6.07, 6.45) is 0. The number of nitrogens with zero attached hydrogens (tertiary/aromatic N) is 3. The Kier molecular flexibility index (Phi) is 2.86. The van der Waals surface area contributed by atoms with Gasteiger partial charge in [-0.25, -0.2) is 4.98 Å². The van der Waals surface area contributed by atoms with Gasteiger partial charge in [-0.1, -0.05) is 20.8 Å². The molecule has 1 N–H and O–H groups in total. The van der Waals surface area contributed by atoms with E-state index in [4.69, 9.17) is 4.98 Å². The van der Waals surface area contributed by atoms with Crippen molar-refractivity contribution in [3.8, 4) is 0 Å². The second kappa shape index (κ2) is 4.17. The standard InChI is InChI=1S/C13H22N4S/c1-8-10-6-14-5-9(10)7-17(8)12-15-11(16-18-12)13(2,3)4/h8-10,14H,5-7H2,1-4H3. The molecule has 0 saturated carbocycles. The van der Waals surface area contributed by atoms with Crippen molar-refractivity contribution < 1.29 is 0 Å². The van der Waals surface area contributed by atoms with E-state index in [9.17, 15) is 0 Å². The first-order chi connectivity index (χ1) is 8.47. The highest BCUT2D eigenvalue weighted by Gasteiger charge is 2.43. The Morgan fingerprint density at radius 3 is 2.72 bits per heavy atom. The Labute approximate surface area is 113 Å². The zero-order valence-electron chi connectivity index (χ0n) is 11.6. The Morgan fingerprint density at radius 1 is 1.33 bits per heavy atom. The lowest BCUT2D eigenvalue weighted by molar-refractivity contribution is 0.471. The second-order valence-electron chi connectivity index (χ2n) is 6.63. The Morgan fingerprint density at radius 2 is 2.11 bits per heavy atom. The van der Waals surface area contributed by atoms with Crippen molar-refractivity contribution in [3.05, 3.63) is 5.82 Å². The zero-order valence-corrected chi connectivity index (χ0v) is 12.4. The molecule has 5 heteroatoms. The normalized spacial score (nSPS) is 32.0. The van der Waals surface area contributed by atoms with Gasteiger partial charge in [-0.15, -0.1) is 0 Å². The van der Waals surface area contributed by atoms with Crippen molar-refractivity contribution in [1.82, 2.24) is 14.7 Å². The van der Waals surface area contributed by atoms with E-state index in [0.717, 1.165) is 42.4 Å². The van der Waals surface area contributed by atoms with Crippen LogP contribution in [-0.4, -0.2) is 35.0 Å². The van der Waals surface area contributed by atoms with Crippen LogP contribution in [0.5, 0.6) is 0 Å². The molecule has 3 unspecified atom stereocenters. The van der Waals surface area contributed by atoms with E-state index in [-0.39, 0.29) is 5.41 Å². The predicted octanol–water partition coefficient (Wildman–Crippen LogP) is 1.88. The van der Waals surface area contributed by atoms with E-state index < -0.39 is 0 Å². The van der Waals surface area contributed by atoms with Gasteiger partial charge in [-0.2, -0.15) is 4.37 Å². The lowest BCUT2D eigenvalue weighted by Crippen LogP contribution is -2.33. The molecular weight excluding hydrogens is 244 g/mol.